The van der Waals surface area contributed by atoms with Crippen molar-refractivity contribution in [1.29, 1.82) is 0 Å². The fraction of sp³-hybridized carbons (Fsp3) is 0.400. The molecule has 0 saturated heterocycles. The van der Waals surface area contributed by atoms with Crippen LogP contribution in [0, 0.1) is 11.8 Å². The van der Waals surface area contributed by atoms with Gasteiger partial charge in [-0.15, -0.1) is 0 Å². The number of halogens is 1. The number of aromatic hydroxyl groups is 1. The van der Waals surface area contributed by atoms with Crippen molar-refractivity contribution in [2.75, 3.05) is 14.6 Å². The summed E-state index contributed by atoms with van der Waals surface area (Å²) in [5.41, 5.74) is 2.07. The summed E-state index contributed by atoms with van der Waals surface area (Å²) in [7, 11) is 0. The highest BCUT2D eigenvalue weighted by Crippen LogP contribution is 2.50. The molecule has 136 valence electrons. The monoisotopic (exact) mass is 463 g/mol. The molecule has 3 atom stereocenters. The maximum absolute atomic E-state index is 12.8. The van der Waals surface area contributed by atoms with E-state index in [0.29, 0.717) is 16.2 Å². The molecule has 26 heavy (non-hydrogen) atoms. The molecule has 2 N–H and O–H groups in total. The van der Waals surface area contributed by atoms with Crippen molar-refractivity contribution in [1.82, 2.24) is 4.98 Å². The van der Waals surface area contributed by atoms with Crippen LogP contribution in [-0.4, -0.2) is 26.5 Å². The molecule has 1 fully saturated rings. The average Bonchev–Trinajstić information content (AvgIpc) is 3.49. The minimum Gasteiger partial charge on any atom is -0.504 e. The van der Waals surface area contributed by atoms with Crippen molar-refractivity contribution in [3.05, 3.63) is 48.2 Å². The molecule has 1 saturated carbocycles. The van der Waals surface area contributed by atoms with Crippen molar-refractivity contribution in [3.8, 4) is 5.75 Å². The van der Waals surface area contributed by atoms with E-state index in [2.05, 4.69) is 45.9 Å². The van der Waals surface area contributed by atoms with Gasteiger partial charge < -0.3 is 15.3 Å². The fourth-order valence-corrected chi connectivity index (χ4v) is 4.52. The molecule has 6 heteroatoms. The molecule has 1 aromatic heterocycles. The van der Waals surface area contributed by atoms with Crippen LogP contribution in [0.3, 0.4) is 0 Å². The fourth-order valence-electron chi connectivity index (χ4n) is 4.15. The highest BCUT2D eigenvalue weighted by Gasteiger charge is 2.47. The van der Waals surface area contributed by atoms with E-state index in [9.17, 15) is 9.90 Å². The van der Waals surface area contributed by atoms with E-state index in [1.807, 2.05) is 23.1 Å². The Morgan fingerprint density at radius 1 is 1.31 bits per heavy atom. The second kappa shape index (κ2) is 7.06. The number of carbonyl (C=O) groups excluding carboxylic acids is 1. The minimum absolute atomic E-state index is 0.00383. The number of benzene rings is 1. The number of aromatic nitrogens is 1. The third kappa shape index (κ3) is 3.04. The second-order valence-corrected chi connectivity index (χ2v) is 7.90. The van der Waals surface area contributed by atoms with Gasteiger partial charge in [-0.05, 0) is 42.5 Å². The quantitative estimate of drug-likeness (QED) is 0.529. The normalized spacial score (nSPS) is 24.8. The molecule has 5 nitrogen and oxygen atoms in total. The Bertz CT molecular complexity index is 824. The number of nitrogens with zero attached hydrogens (tertiary/aromatic N) is 2. The first-order valence-electron chi connectivity index (χ1n) is 8.99. The number of rotatable bonds is 4. The van der Waals surface area contributed by atoms with Crippen molar-refractivity contribution in [2.45, 2.75) is 31.8 Å². The molecule has 0 spiro atoms. The predicted octanol–water partition coefficient (Wildman–Crippen LogP) is 4.14. The first-order valence-corrected chi connectivity index (χ1v) is 10.5. The minimum atomic E-state index is -0.00383. The van der Waals surface area contributed by atoms with Gasteiger partial charge in [-0.1, -0.05) is 47.7 Å². The van der Waals surface area contributed by atoms with Gasteiger partial charge in [-0.2, -0.15) is 0 Å². The molecule has 2 aliphatic rings. The first-order chi connectivity index (χ1) is 12.6. The number of anilines is 2. The van der Waals surface area contributed by atoms with Gasteiger partial charge in [-0.25, -0.2) is 4.98 Å². The number of nitrogens with one attached hydrogen (secondary N) is 1. The van der Waals surface area contributed by atoms with E-state index in [-0.39, 0.29) is 29.7 Å². The first kappa shape index (κ1) is 17.6. The standard InChI is InChI=1S/C20H22IN3O2/c1-12-18(23-20-16(25)7-4-10-22-20)14-5-2-3-6-15(14)24(17(26)11-21)19(12)13-8-9-13/h2-7,10,12-13,18-19,25H,8-9,11H2,1H3,(H,22,23)/t12-,18-,19-/m1/s1. The lowest BCUT2D eigenvalue weighted by Gasteiger charge is -2.46. The molecule has 2 aromatic rings. The predicted molar refractivity (Wildman–Crippen MR) is 111 cm³/mol. The zero-order valence-corrected chi connectivity index (χ0v) is 16.8. The Morgan fingerprint density at radius 3 is 2.77 bits per heavy atom. The number of pyridine rings is 1. The molecular formula is C20H22IN3O2. The van der Waals surface area contributed by atoms with Gasteiger partial charge in [0, 0.05) is 23.8 Å². The van der Waals surface area contributed by atoms with Crippen LogP contribution in [0.25, 0.3) is 0 Å². The summed E-state index contributed by atoms with van der Waals surface area (Å²) in [6.45, 7) is 2.20. The van der Waals surface area contributed by atoms with Crippen LogP contribution in [0.2, 0.25) is 0 Å². The molecular weight excluding hydrogens is 441 g/mol. The summed E-state index contributed by atoms with van der Waals surface area (Å²) in [6.07, 6.45) is 4.01. The Hall–Kier alpha value is -1.83. The molecule has 0 unspecified atom stereocenters. The van der Waals surface area contributed by atoms with Gasteiger partial charge >= 0.3 is 0 Å². The zero-order valence-electron chi connectivity index (χ0n) is 14.6. The topological polar surface area (TPSA) is 65.5 Å². The molecule has 1 aliphatic carbocycles. The number of carbonyl (C=O) groups is 1. The molecule has 0 bridgehead atoms. The van der Waals surface area contributed by atoms with Gasteiger partial charge in [0.05, 0.1) is 10.5 Å². The van der Waals surface area contributed by atoms with E-state index >= 15 is 0 Å². The van der Waals surface area contributed by atoms with Gasteiger partial charge in [0.15, 0.2) is 11.6 Å². The summed E-state index contributed by atoms with van der Waals surface area (Å²) >= 11 is 2.15. The maximum atomic E-state index is 12.8. The lowest BCUT2D eigenvalue weighted by atomic mass is 9.80. The number of amides is 1. The van der Waals surface area contributed by atoms with Gasteiger partial charge in [0.25, 0.3) is 0 Å². The summed E-state index contributed by atoms with van der Waals surface area (Å²) in [5, 5.41) is 13.6. The van der Waals surface area contributed by atoms with Crippen molar-refractivity contribution < 1.29 is 9.90 Å². The smallest absolute Gasteiger partial charge is 0.237 e. The number of para-hydroxylation sites is 1. The third-order valence-electron chi connectivity index (χ3n) is 5.46. The van der Waals surface area contributed by atoms with Crippen molar-refractivity contribution in [3.63, 3.8) is 0 Å². The van der Waals surface area contributed by atoms with E-state index in [1.54, 1.807) is 18.3 Å². The van der Waals surface area contributed by atoms with E-state index in [4.69, 9.17) is 0 Å². The molecule has 4 rings (SSSR count). The summed E-state index contributed by atoms with van der Waals surface area (Å²) in [6, 6.07) is 11.6. The summed E-state index contributed by atoms with van der Waals surface area (Å²) < 4.78 is 0.473. The van der Waals surface area contributed by atoms with Crippen LogP contribution in [0.1, 0.15) is 31.4 Å². The van der Waals surface area contributed by atoms with Crippen LogP contribution in [0.15, 0.2) is 42.6 Å². The van der Waals surface area contributed by atoms with Crippen molar-refractivity contribution >= 4 is 40.0 Å². The highest BCUT2D eigenvalue weighted by atomic mass is 127. The second-order valence-electron chi connectivity index (χ2n) is 7.14. The van der Waals surface area contributed by atoms with E-state index in [0.717, 1.165) is 11.3 Å². The number of fused-ring (bicyclic) bond motifs is 1. The van der Waals surface area contributed by atoms with Gasteiger partial charge in [0.2, 0.25) is 5.91 Å². The van der Waals surface area contributed by atoms with Crippen LogP contribution in [0.5, 0.6) is 5.75 Å². The largest absolute Gasteiger partial charge is 0.504 e. The Morgan fingerprint density at radius 2 is 2.08 bits per heavy atom. The summed E-state index contributed by atoms with van der Waals surface area (Å²) in [5.74, 6) is 1.56. The Kier molecular flexibility index (Phi) is 4.77. The average molecular weight is 463 g/mol. The van der Waals surface area contributed by atoms with Crippen LogP contribution >= 0.6 is 22.6 Å². The van der Waals surface area contributed by atoms with Crippen LogP contribution in [-0.2, 0) is 4.79 Å². The number of hydrogen-bond donors (Lipinski definition) is 2. The van der Waals surface area contributed by atoms with Crippen LogP contribution < -0.4 is 10.2 Å². The SMILES string of the molecule is C[C@@H]1[C@@H](Nc2ncccc2O)c2ccccc2N(C(=O)CI)[C@H]1C1CC1. The lowest BCUT2D eigenvalue weighted by Crippen LogP contribution is -2.52. The lowest BCUT2D eigenvalue weighted by molar-refractivity contribution is -0.116. The third-order valence-corrected chi connectivity index (χ3v) is 6.11. The molecule has 1 aromatic carbocycles. The van der Waals surface area contributed by atoms with Crippen LogP contribution in [0.4, 0.5) is 11.5 Å². The Labute approximate surface area is 167 Å². The number of alkyl halides is 1. The molecule has 1 aliphatic heterocycles. The highest BCUT2D eigenvalue weighted by molar-refractivity contribution is 14.1. The molecule has 2 heterocycles. The van der Waals surface area contributed by atoms with E-state index < -0.39 is 0 Å². The zero-order chi connectivity index (χ0) is 18.3. The van der Waals surface area contributed by atoms with E-state index in [1.165, 1.54) is 12.8 Å². The van der Waals surface area contributed by atoms with Gasteiger partial charge in [-0.3, -0.25) is 4.79 Å². The molecule has 1 amide bonds. The number of hydrogen-bond acceptors (Lipinski definition) is 4. The summed E-state index contributed by atoms with van der Waals surface area (Å²) in [4.78, 5) is 19.1. The van der Waals surface area contributed by atoms with Gasteiger partial charge in [0.1, 0.15) is 0 Å². The van der Waals surface area contributed by atoms with Crippen molar-refractivity contribution in [2.24, 2.45) is 11.8 Å². The molecule has 0 radical (unpaired) electrons. The maximum Gasteiger partial charge on any atom is 0.237 e. The Balaban J connectivity index is 1.79.